The lowest BCUT2D eigenvalue weighted by Crippen LogP contribution is -2.30. The molecule has 1 saturated carbocycles. The Hall–Kier alpha value is -1.02. The zero-order chi connectivity index (χ0) is 14.4. The van der Waals surface area contributed by atoms with E-state index >= 15 is 0 Å². The van der Waals surface area contributed by atoms with Gasteiger partial charge in [-0.25, -0.2) is 0 Å². The van der Waals surface area contributed by atoms with Crippen molar-refractivity contribution in [3.8, 4) is 5.75 Å². The van der Waals surface area contributed by atoms with Gasteiger partial charge in [0.25, 0.3) is 0 Å². The first kappa shape index (κ1) is 15.4. The van der Waals surface area contributed by atoms with Gasteiger partial charge in [0, 0.05) is 0 Å². The maximum atomic E-state index is 5.87. The molecule has 1 aromatic carbocycles. The molecule has 1 aliphatic rings. The first-order valence-electron chi connectivity index (χ1n) is 8.16. The topological polar surface area (TPSA) is 21.3 Å². The molecule has 0 radical (unpaired) electrons. The van der Waals surface area contributed by atoms with E-state index in [0.717, 1.165) is 30.7 Å². The number of benzene rings is 1. The number of nitrogens with one attached hydrogen (secondary N) is 1. The summed E-state index contributed by atoms with van der Waals surface area (Å²) in [6.07, 6.45) is 5.34. The maximum absolute atomic E-state index is 5.87. The van der Waals surface area contributed by atoms with Crippen LogP contribution in [0.25, 0.3) is 0 Å². The molecule has 0 heterocycles. The number of ether oxygens (including phenoxy) is 1. The van der Waals surface area contributed by atoms with E-state index in [4.69, 9.17) is 4.74 Å². The highest BCUT2D eigenvalue weighted by Gasteiger charge is 2.31. The van der Waals surface area contributed by atoms with E-state index in [1.807, 2.05) is 0 Å². The molecule has 0 aliphatic heterocycles. The van der Waals surface area contributed by atoms with Gasteiger partial charge >= 0.3 is 0 Å². The van der Waals surface area contributed by atoms with Crippen LogP contribution in [0.2, 0.25) is 0 Å². The smallest absolute Gasteiger partial charge is 0.122 e. The minimum atomic E-state index is 0.643. The van der Waals surface area contributed by atoms with Crippen LogP contribution in [0, 0.1) is 11.8 Å². The van der Waals surface area contributed by atoms with Gasteiger partial charge in [-0.05, 0) is 62.7 Å². The van der Waals surface area contributed by atoms with Gasteiger partial charge in [-0.1, -0.05) is 38.0 Å². The van der Waals surface area contributed by atoms with Crippen molar-refractivity contribution in [2.45, 2.75) is 45.4 Å². The molecular formula is C18H29NO. The zero-order valence-electron chi connectivity index (χ0n) is 13.2. The molecule has 2 nitrogen and oxygen atoms in total. The molecule has 3 atom stereocenters. The third-order valence-corrected chi connectivity index (χ3v) is 4.76. The Morgan fingerprint density at radius 2 is 2.00 bits per heavy atom. The second kappa shape index (κ2) is 7.68. The molecule has 0 saturated heterocycles. The third-order valence-electron chi connectivity index (χ3n) is 4.76. The number of rotatable bonds is 6. The molecule has 20 heavy (non-hydrogen) atoms. The Morgan fingerprint density at radius 1 is 1.20 bits per heavy atom. The van der Waals surface area contributed by atoms with Crippen LogP contribution in [0.15, 0.2) is 24.3 Å². The number of hydrogen-bond donors (Lipinski definition) is 1. The standard InChI is InChI=1S/C18H29NO/c1-4-14-10-11-15(13-19-3)17(12-14)16-8-6-7-9-18(16)20-5-2/h6-9,14-15,17,19H,4-5,10-13H2,1-3H3. The largest absolute Gasteiger partial charge is 0.494 e. The molecule has 0 amide bonds. The molecule has 1 aromatic rings. The highest BCUT2D eigenvalue weighted by atomic mass is 16.5. The van der Waals surface area contributed by atoms with Gasteiger partial charge in [-0.2, -0.15) is 0 Å². The van der Waals surface area contributed by atoms with Crippen molar-refractivity contribution in [1.82, 2.24) is 5.32 Å². The normalized spacial score (nSPS) is 26.4. The predicted molar refractivity (Wildman–Crippen MR) is 85.4 cm³/mol. The van der Waals surface area contributed by atoms with Crippen LogP contribution in [-0.2, 0) is 0 Å². The summed E-state index contributed by atoms with van der Waals surface area (Å²) in [4.78, 5) is 0. The summed E-state index contributed by atoms with van der Waals surface area (Å²) in [5, 5.41) is 3.38. The van der Waals surface area contributed by atoms with Gasteiger partial charge < -0.3 is 10.1 Å². The van der Waals surface area contributed by atoms with Crippen molar-refractivity contribution in [3.05, 3.63) is 29.8 Å². The van der Waals surface area contributed by atoms with E-state index in [9.17, 15) is 0 Å². The first-order valence-corrected chi connectivity index (χ1v) is 8.16. The lowest BCUT2D eigenvalue weighted by molar-refractivity contribution is 0.222. The highest BCUT2D eigenvalue weighted by Crippen LogP contribution is 2.44. The fourth-order valence-corrected chi connectivity index (χ4v) is 3.65. The van der Waals surface area contributed by atoms with E-state index in [1.54, 1.807) is 0 Å². The van der Waals surface area contributed by atoms with Crippen molar-refractivity contribution >= 4 is 0 Å². The van der Waals surface area contributed by atoms with Crippen molar-refractivity contribution in [3.63, 3.8) is 0 Å². The van der Waals surface area contributed by atoms with E-state index in [0.29, 0.717) is 5.92 Å². The Labute approximate surface area is 123 Å². The van der Waals surface area contributed by atoms with Crippen LogP contribution in [-0.4, -0.2) is 20.2 Å². The van der Waals surface area contributed by atoms with Crippen LogP contribution in [0.4, 0.5) is 0 Å². The Balaban J connectivity index is 2.24. The van der Waals surface area contributed by atoms with Crippen molar-refractivity contribution in [2.24, 2.45) is 11.8 Å². The highest BCUT2D eigenvalue weighted by molar-refractivity contribution is 5.37. The van der Waals surface area contributed by atoms with E-state index in [-0.39, 0.29) is 0 Å². The second-order valence-electron chi connectivity index (χ2n) is 5.98. The van der Waals surface area contributed by atoms with Crippen LogP contribution >= 0.6 is 0 Å². The van der Waals surface area contributed by atoms with Gasteiger partial charge in [-0.15, -0.1) is 0 Å². The fourth-order valence-electron chi connectivity index (χ4n) is 3.65. The van der Waals surface area contributed by atoms with Crippen molar-refractivity contribution in [1.29, 1.82) is 0 Å². The van der Waals surface area contributed by atoms with E-state index in [2.05, 4.69) is 50.5 Å². The van der Waals surface area contributed by atoms with Crippen LogP contribution < -0.4 is 10.1 Å². The summed E-state index contributed by atoms with van der Waals surface area (Å²) in [5.41, 5.74) is 1.42. The summed E-state index contributed by atoms with van der Waals surface area (Å²) >= 11 is 0. The minimum Gasteiger partial charge on any atom is -0.494 e. The summed E-state index contributed by atoms with van der Waals surface area (Å²) in [6, 6.07) is 8.65. The summed E-state index contributed by atoms with van der Waals surface area (Å²) in [5.74, 6) is 3.36. The molecular weight excluding hydrogens is 246 g/mol. The monoisotopic (exact) mass is 275 g/mol. The molecule has 2 rings (SSSR count). The summed E-state index contributed by atoms with van der Waals surface area (Å²) in [6.45, 7) is 6.26. The first-order chi connectivity index (χ1) is 9.80. The Kier molecular flexibility index (Phi) is 5.90. The van der Waals surface area contributed by atoms with Crippen LogP contribution in [0.1, 0.15) is 51.0 Å². The van der Waals surface area contributed by atoms with Gasteiger partial charge in [0.05, 0.1) is 6.61 Å². The van der Waals surface area contributed by atoms with Gasteiger partial charge in [0.1, 0.15) is 5.75 Å². The van der Waals surface area contributed by atoms with Crippen molar-refractivity contribution < 1.29 is 4.74 Å². The Bertz CT molecular complexity index is 404. The minimum absolute atomic E-state index is 0.643. The molecule has 1 fully saturated rings. The van der Waals surface area contributed by atoms with Crippen molar-refractivity contribution in [2.75, 3.05) is 20.2 Å². The fraction of sp³-hybridized carbons (Fsp3) is 0.667. The lowest BCUT2D eigenvalue weighted by atomic mass is 9.70. The maximum Gasteiger partial charge on any atom is 0.122 e. The molecule has 2 heteroatoms. The Morgan fingerprint density at radius 3 is 2.70 bits per heavy atom. The van der Waals surface area contributed by atoms with Gasteiger partial charge in [0.2, 0.25) is 0 Å². The third kappa shape index (κ3) is 3.54. The van der Waals surface area contributed by atoms with E-state index in [1.165, 1.54) is 31.2 Å². The lowest BCUT2D eigenvalue weighted by Gasteiger charge is -2.37. The van der Waals surface area contributed by atoms with Crippen LogP contribution in [0.5, 0.6) is 5.75 Å². The average molecular weight is 275 g/mol. The van der Waals surface area contributed by atoms with E-state index < -0.39 is 0 Å². The summed E-state index contributed by atoms with van der Waals surface area (Å²) in [7, 11) is 2.07. The molecule has 112 valence electrons. The average Bonchev–Trinajstić information content (AvgIpc) is 2.49. The predicted octanol–water partition coefficient (Wildman–Crippen LogP) is 4.21. The molecule has 3 unspecified atom stereocenters. The molecule has 0 spiro atoms. The van der Waals surface area contributed by atoms with Crippen LogP contribution in [0.3, 0.4) is 0 Å². The second-order valence-corrected chi connectivity index (χ2v) is 5.98. The van der Waals surface area contributed by atoms with Gasteiger partial charge in [0.15, 0.2) is 0 Å². The quantitative estimate of drug-likeness (QED) is 0.839. The SMILES string of the molecule is CCOc1ccccc1C1CC(CC)CCC1CNC. The number of para-hydroxylation sites is 1. The zero-order valence-corrected chi connectivity index (χ0v) is 13.2. The number of hydrogen-bond acceptors (Lipinski definition) is 2. The molecule has 0 bridgehead atoms. The molecule has 1 N–H and O–H groups in total. The molecule has 1 aliphatic carbocycles. The van der Waals surface area contributed by atoms with Gasteiger partial charge in [-0.3, -0.25) is 0 Å². The summed E-state index contributed by atoms with van der Waals surface area (Å²) < 4.78 is 5.87. The molecule has 0 aromatic heterocycles.